The highest BCUT2D eigenvalue weighted by Gasteiger charge is 2.17. The van der Waals surface area contributed by atoms with E-state index in [1.807, 2.05) is 30.3 Å². The van der Waals surface area contributed by atoms with Crippen molar-refractivity contribution in [3.05, 3.63) is 94.0 Å². The average Bonchev–Trinajstić information content (AvgIpc) is 2.77. The predicted octanol–water partition coefficient (Wildman–Crippen LogP) is 5.37. The van der Waals surface area contributed by atoms with E-state index in [0.29, 0.717) is 33.6 Å². The summed E-state index contributed by atoms with van der Waals surface area (Å²) in [5, 5.41) is 6.43. The van der Waals surface area contributed by atoms with Gasteiger partial charge in [0.25, 0.3) is 11.8 Å². The Morgan fingerprint density at radius 3 is 2.39 bits per heavy atom. The van der Waals surface area contributed by atoms with Gasteiger partial charge in [0.1, 0.15) is 5.75 Å². The fourth-order valence-electron chi connectivity index (χ4n) is 2.84. The fraction of sp³-hybridized carbons (Fsp3) is 0.167. The lowest BCUT2D eigenvalue weighted by atomic mass is 10.1. The summed E-state index contributed by atoms with van der Waals surface area (Å²) in [7, 11) is 0. The van der Waals surface area contributed by atoms with Crippen LogP contribution in [-0.4, -0.2) is 24.5 Å². The molecule has 0 unspecified atom stereocenters. The molecule has 3 aromatic carbocycles. The van der Waals surface area contributed by atoms with Gasteiger partial charge in [-0.3, -0.25) is 9.59 Å². The molecule has 31 heavy (non-hydrogen) atoms. The maximum absolute atomic E-state index is 12.4. The molecule has 5 nitrogen and oxygen atoms in total. The van der Waals surface area contributed by atoms with E-state index in [1.54, 1.807) is 49.4 Å². The van der Waals surface area contributed by atoms with Gasteiger partial charge in [-0.15, -0.1) is 0 Å². The third kappa shape index (κ3) is 6.74. The summed E-state index contributed by atoms with van der Waals surface area (Å²) >= 11 is 12.0. The van der Waals surface area contributed by atoms with Gasteiger partial charge < -0.3 is 15.4 Å². The number of amides is 2. The van der Waals surface area contributed by atoms with Crippen molar-refractivity contribution in [2.24, 2.45) is 0 Å². The largest absolute Gasteiger partial charge is 0.481 e. The van der Waals surface area contributed by atoms with Gasteiger partial charge in [-0.2, -0.15) is 0 Å². The topological polar surface area (TPSA) is 67.4 Å². The third-order valence-electron chi connectivity index (χ3n) is 4.53. The number of ether oxygens (including phenoxy) is 1. The van der Waals surface area contributed by atoms with Crippen molar-refractivity contribution in [1.82, 2.24) is 5.32 Å². The summed E-state index contributed by atoms with van der Waals surface area (Å²) in [6.07, 6.45) is -0.0163. The van der Waals surface area contributed by atoms with Crippen molar-refractivity contribution < 1.29 is 14.3 Å². The zero-order valence-corrected chi connectivity index (χ0v) is 18.4. The molecule has 160 valence electrons. The van der Waals surface area contributed by atoms with Gasteiger partial charge in [0.15, 0.2) is 6.10 Å². The number of hydrogen-bond donors (Lipinski definition) is 2. The Morgan fingerprint density at radius 1 is 0.968 bits per heavy atom. The van der Waals surface area contributed by atoms with Crippen LogP contribution in [0.5, 0.6) is 5.75 Å². The van der Waals surface area contributed by atoms with Gasteiger partial charge in [-0.1, -0.05) is 53.5 Å². The van der Waals surface area contributed by atoms with Crippen molar-refractivity contribution in [1.29, 1.82) is 0 Å². The number of rotatable bonds is 8. The van der Waals surface area contributed by atoms with Crippen LogP contribution in [0.15, 0.2) is 72.8 Å². The van der Waals surface area contributed by atoms with E-state index in [9.17, 15) is 9.59 Å². The first-order chi connectivity index (χ1) is 14.9. The van der Waals surface area contributed by atoms with Crippen molar-refractivity contribution in [2.45, 2.75) is 19.4 Å². The highest BCUT2D eigenvalue weighted by atomic mass is 35.5. The van der Waals surface area contributed by atoms with Crippen LogP contribution in [0, 0.1) is 0 Å². The number of benzene rings is 3. The monoisotopic (exact) mass is 456 g/mol. The van der Waals surface area contributed by atoms with Gasteiger partial charge in [0.2, 0.25) is 0 Å². The quantitative estimate of drug-likeness (QED) is 0.478. The van der Waals surface area contributed by atoms with Crippen molar-refractivity contribution in [3.8, 4) is 5.75 Å². The van der Waals surface area contributed by atoms with Gasteiger partial charge >= 0.3 is 0 Å². The Kier molecular flexibility index (Phi) is 7.93. The van der Waals surface area contributed by atoms with Crippen molar-refractivity contribution >= 4 is 40.7 Å². The zero-order chi connectivity index (χ0) is 22.2. The molecule has 0 spiro atoms. The fourth-order valence-corrected chi connectivity index (χ4v) is 3.17. The number of nitrogens with one attached hydrogen (secondary N) is 2. The average molecular weight is 457 g/mol. The van der Waals surface area contributed by atoms with Gasteiger partial charge in [-0.25, -0.2) is 0 Å². The lowest BCUT2D eigenvalue weighted by molar-refractivity contribution is -0.122. The van der Waals surface area contributed by atoms with E-state index in [4.69, 9.17) is 27.9 Å². The summed E-state index contributed by atoms with van der Waals surface area (Å²) in [6.45, 7) is 2.17. The van der Waals surface area contributed by atoms with Gasteiger partial charge in [0.05, 0.1) is 10.7 Å². The first kappa shape index (κ1) is 22.7. The molecular weight excluding hydrogens is 435 g/mol. The molecule has 0 fully saturated rings. The van der Waals surface area contributed by atoms with E-state index in [2.05, 4.69) is 10.6 Å². The summed E-state index contributed by atoms with van der Waals surface area (Å²) in [4.78, 5) is 24.7. The molecule has 7 heteroatoms. The van der Waals surface area contributed by atoms with E-state index in [1.165, 1.54) is 0 Å². The molecule has 1 atom stereocenters. The summed E-state index contributed by atoms with van der Waals surface area (Å²) in [5.41, 5.74) is 2.10. The first-order valence-electron chi connectivity index (χ1n) is 9.77. The molecule has 0 aliphatic rings. The molecule has 0 aliphatic heterocycles. The van der Waals surface area contributed by atoms with E-state index < -0.39 is 6.10 Å². The van der Waals surface area contributed by atoms with E-state index in [0.717, 1.165) is 12.0 Å². The smallest absolute Gasteiger partial charge is 0.265 e. The Morgan fingerprint density at radius 2 is 1.68 bits per heavy atom. The molecule has 2 N–H and O–H groups in total. The Hall–Kier alpha value is -3.02. The number of anilines is 1. The molecular formula is C24H22Cl2N2O3. The highest BCUT2D eigenvalue weighted by molar-refractivity contribution is 6.35. The standard InChI is InChI=1S/C24H22Cl2N2O3/c1-16(23(29)28-22-15-19(25)9-12-21(22)26)31-20-10-7-18(8-11-20)24(30)27-14-13-17-5-3-2-4-6-17/h2-12,15-16H,13-14H2,1H3,(H,27,30)(H,28,29)/t16-/m1/s1. The van der Waals surface area contributed by atoms with Crippen LogP contribution < -0.4 is 15.4 Å². The number of halogens is 2. The predicted molar refractivity (Wildman–Crippen MR) is 124 cm³/mol. The van der Waals surface area contributed by atoms with Gasteiger partial charge in [-0.05, 0) is 61.4 Å². The van der Waals surface area contributed by atoms with Crippen molar-refractivity contribution in [2.75, 3.05) is 11.9 Å². The Balaban J connectivity index is 1.50. The molecule has 0 aliphatic carbocycles. The Labute approximate surface area is 191 Å². The molecule has 0 heterocycles. The van der Waals surface area contributed by atoms with Crippen LogP contribution in [-0.2, 0) is 11.2 Å². The number of hydrogen-bond acceptors (Lipinski definition) is 3. The van der Waals surface area contributed by atoms with Gasteiger partial charge in [0, 0.05) is 17.1 Å². The molecule has 3 aromatic rings. The van der Waals surface area contributed by atoms with Crippen LogP contribution in [0.2, 0.25) is 10.0 Å². The minimum absolute atomic E-state index is 0.163. The van der Waals surface area contributed by atoms with Crippen LogP contribution in [0.25, 0.3) is 0 Å². The minimum atomic E-state index is -0.777. The maximum atomic E-state index is 12.4. The summed E-state index contributed by atoms with van der Waals surface area (Å²) in [5.74, 6) is -0.0588. The first-order valence-corrected chi connectivity index (χ1v) is 10.5. The molecule has 0 bridgehead atoms. The van der Waals surface area contributed by atoms with E-state index >= 15 is 0 Å². The second-order valence-corrected chi connectivity index (χ2v) is 7.73. The lowest BCUT2D eigenvalue weighted by Crippen LogP contribution is -2.30. The summed E-state index contributed by atoms with van der Waals surface area (Å²) < 4.78 is 5.67. The third-order valence-corrected chi connectivity index (χ3v) is 5.09. The van der Waals surface area contributed by atoms with E-state index in [-0.39, 0.29) is 11.8 Å². The normalized spacial score (nSPS) is 11.5. The molecule has 0 radical (unpaired) electrons. The van der Waals surface area contributed by atoms with Crippen LogP contribution >= 0.6 is 23.2 Å². The molecule has 0 saturated heterocycles. The summed E-state index contributed by atoms with van der Waals surface area (Å²) in [6, 6.07) is 21.4. The number of carbonyl (C=O) groups is 2. The number of carbonyl (C=O) groups excluding carboxylic acids is 2. The van der Waals surface area contributed by atoms with Crippen molar-refractivity contribution in [3.63, 3.8) is 0 Å². The highest BCUT2D eigenvalue weighted by Crippen LogP contribution is 2.25. The molecule has 0 saturated carbocycles. The maximum Gasteiger partial charge on any atom is 0.265 e. The molecule has 0 aromatic heterocycles. The Bertz CT molecular complexity index is 1040. The molecule has 2 amide bonds. The lowest BCUT2D eigenvalue weighted by Gasteiger charge is -2.16. The second kappa shape index (κ2) is 10.8. The van der Waals surface area contributed by atoms with Crippen LogP contribution in [0.3, 0.4) is 0 Å². The van der Waals surface area contributed by atoms with Crippen LogP contribution in [0.4, 0.5) is 5.69 Å². The zero-order valence-electron chi connectivity index (χ0n) is 16.9. The SMILES string of the molecule is C[C@@H](Oc1ccc(C(=O)NCCc2ccccc2)cc1)C(=O)Nc1cc(Cl)ccc1Cl. The minimum Gasteiger partial charge on any atom is -0.481 e. The molecule has 3 rings (SSSR count). The second-order valence-electron chi connectivity index (χ2n) is 6.89. The van der Waals surface area contributed by atoms with Crippen LogP contribution in [0.1, 0.15) is 22.8 Å².